The van der Waals surface area contributed by atoms with Gasteiger partial charge in [0.25, 0.3) is 15.7 Å². The number of nitro benzene ring substituents is 1. The Hall–Kier alpha value is -4.51. The highest BCUT2D eigenvalue weighted by atomic mass is 32.2. The number of nitrogens with zero attached hydrogens (tertiary/aromatic N) is 4. The second-order valence-electron chi connectivity index (χ2n) is 8.27. The summed E-state index contributed by atoms with van der Waals surface area (Å²) in [5.41, 5.74) is 1.88. The molecule has 1 aliphatic heterocycles. The van der Waals surface area contributed by atoms with Crippen LogP contribution in [0.1, 0.15) is 29.8 Å². The van der Waals surface area contributed by atoms with Crippen LogP contribution in [0.3, 0.4) is 0 Å². The van der Waals surface area contributed by atoms with Gasteiger partial charge in [0.15, 0.2) is 0 Å². The maximum atomic E-state index is 13.7. The Morgan fingerprint density at radius 2 is 1.81 bits per heavy atom. The van der Waals surface area contributed by atoms with Gasteiger partial charge >= 0.3 is 0 Å². The Labute approximate surface area is 206 Å². The molecule has 0 radical (unpaired) electrons. The summed E-state index contributed by atoms with van der Waals surface area (Å²) < 4.78 is 34.5. The number of aryl methyl sites for hydroxylation is 1. The zero-order chi connectivity index (χ0) is 25.6. The lowest BCUT2D eigenvalue weighted by Gasteiger charge is -2.18. The number of nitro groups is 1. The minimum absolute atomic E-state index is 0.227. The fraction of sp³-hybridized carbons (Fsp3) is 0.120. The number of hydrogen-bond acceptors (Lipinski definition) is 7. The van der Waals surface area contributed by atoms with Crippen molar-refractivity contribution in [2.75, 3.05) is 0 Å². The molecule has 1 aromatic heterocycles. The number of rotatable bonds is 5. The number of carbonyl (C=O) groups is 1. The molecule has 0 saturated heterocycles. The van der Waals surface area contributed by atoms with Gasteiger partial charge in [-0.2, -0.15) is 5.01 Å². The first-order valence-electron chi connectivity index (χ1n) is 10.9. The van der Waals surface area contributed by atoms with Crippen molar-refractivity contribution in [1.29, 1.82) is 0 Å². The summed E-state index contributed by atoms with van der Waals surface area (Å²) in [6.45, 7) is 3.16. The summed E-state index contributed by atoms with van der Waals surface area (Å²) in [5.74, 6) is -0.161. The Balaban J connectivity index is 1.67. The maximum Gasteiger partial charge on any atom is 0.270 e. The van der Waals surface area contributed by atoms with Gasteiger partial charge in [0.1, 0.15) is 0 Å². The first kappa shape index (κ1) is 23.2. The molecule has 1 atom stereocenters. The fourth-order valence-electron chi connectivity index (χ4n) is 4.07. The first-order chi connectivity index (χ1) is 17.2. The van der Waals surface area contributed by atoms with E-state index in [1.54, 1.807) is 24.3 Å². The van der Waals surface area contributed by atoms with Crippen molar-refractivity contribution in [3.63, 3.8) is 0 Å². The van der Waals surface area contributed by atoms with Gasteiger partial charge in [0, 0.05) is 41.8 Å². The molecule has 3 aromatic carbocycles. The highest BCUT2D eigenvalue weighted by molar-refractivity contribution is 7.90. The number of hydrazone groups is 1. The summed E-state index contributed by atoms with van der Waals surface area (Å²) in [6, 6.07) is 19.2. The lowest BCUT2D eigenvalue weighted by Crippen LogP contribution is -2.25. The molecule has 0 bridgehead atoms. The third-order valence-corrected chi connectivity index (χ3v) is 7.47. The second-order valence-corrected chi connectivity index (χ2v) is 10.1. The predicted molar refractivity (Wildman–Crippen MR) is 132 cm³/mol. The Kier molecular flexibility index (Phi) is 5.56. The van der Waals surface area contributed by atoms with Crippen molar-refractivity contribution in [3.05, 3.63) is 106 Å². The van der Waals surface area contributed by atoms with Crippen molar-refractivity contribution in [2.24, 2.45) is 5.10 Å². The number of amides is 1. The number of benzene rings is 3. The summed E-state index contributed by atoms with van der Waals surface area (Å²) in [5, 5.41) is 17.3. The van der Waals surface area contributed by atoms with Crippen LogP contribution >= 0.6 is 0 Å². The van der Waals surface area contributed by atoms with Crippen LogP contribution in [0.4, 0.5) is 5.69 Å². The highest BCUT2D eigenvalue weighted by Gasteiger charge is 2.36. The lowest BCUT2D eigenvalue weighted by molar-refractivity contribution is -0.385. The molecule has 182 valence electrons. The van der Waals surface area contributed by atoms with Crippen molar-refractivity contribution >= 4 is 38.4 Å². The van der Waals surface area contributed by atoms with E-state index >= 15 is 0 Å². The van der Waals surface area contributed by atoms with Gasteiger partial charge in [-0.15, -0.1) is 5.10 Å². The van der Waals surface area contributed by atoms with Crippen molar-refractivity contribution < 1.29 is 22.9 Å². The van der Waals surface area contributed by atoms with E-state index in [1.165, 1.54) is 36.3 Å². The number of ether oxygens (including phenoxy) is 1. The van der Waals surface area contributed by atoms with Gasteiger partial charge in [-0.1, -0.05) is 36.4 Å². The van der Waals surface area contributed by atoms with E-state index in [4.69, 9.17) is 4.74 Å². The maximum absolute atomic E-state index is 13.7. The van der Waals surface area contributed by atoms with E-state index in [-0.39, 0.29) is 22.4 Å². The zero-order valence-corrected chi connectivity index (χ0v) is 20.0. The van der Waals surface area contributed by atoms with Crippen molar-refractivity contribution in [3.8, 4) is 0 Å². The van der Waals surface area contributed by atoms with Crippen LogP contribution in [0.25, 0.3) is 10.9 Å². The van der Waals surface area contributed by atoms with E-state index in [2.05, 4.69) is 5.10 Å². The molecule has 5 rings (SSSR count). The number of fused-ring (bicyclic) bond motifs is 1. The number of carbonyl (C=O) groups excluding carboxylic acids is 1. The molecule has 4 aromatic rings. The number of hydrogen-bond donors (Lipinski definition) is 0. The summed E-state index contributed by atoms with van der Waals surface area (Å²) in [4.78, 5) is 22.8. The SMILES string of the molecule is CC(=O)N1N=C(c2ccccc2)OC1c1cn(S(=O)(=O)c2cccc([N+](=O)[O-])c2)c2cc(C)ccc12. The molecule has 0 spiro atoms. The van der Waals surface area contributed by atoms with E-state index in [0.29, 0.717) is 22.0 Å². The van der Waals surface area contributed by atoms with Crippen LogP contribution < -0.4 is 0 Å². The van der Waals surface area contributed by atoms with Crippen LogP contribution in [-0.4, -0.2) is 34.1 Å². The summed E-state index contributed by atoms with van der Waals surface area (Å²) in [7, 11) is -4.23. The minimum atomic E-state index is -4.23. The molecule has 0 aliphatic carbocycles. The first-order valence-corrected chi connectivity index (χ1v) is 12.3. The average Bonchev–Trinajstić information content (AvgIpc) is 3.47. The van der Waals surface area contributed by atoms with E-state index in [0.717, 1.165) is 15.6 Å². The van der Waals surface area contributed by atoms with E-state index in [9.17, 15) is 23.3 Å². The average molecular weight is 505 g/mol. The third-order valence-electron chi connectivity index (χ3n) is 5.80. The van der Waals surface area contributed by atoms with Crippen LogP contribution in [0.5, 0.6) is 0 Å². The van der Waals surface area contributed by atoms with Gasteiger partial charge in [0.2, 0.25) is 18.0 Å². The monoisotopic (exact) mass is 504 g/mol. The highest BCUT2D eigenvalue weighted by Crippen LogP contribution is 2.37. The smallest absolute Gasteiger partial charge is 0.270 e. The Morgan fingerprint density at radius 1 is 1.06 bits per heavy atom. The van der Waals surface area contributed by atoms with Gasteiger partial charge in [0.05, 0.1) is 15.3 Å². The number of non-ortho nitro benzene ring substituents is 1. The van der Waals surface area contributed by atoms with Crippen molar-refractivity contribution in [1.82, 2.24) is 8.98 Å². The van der Waals surface area contributed by atoms with Gasteiger partial charge in [-0.3, -0.25) is 14.9 Å². The molecule has 1 aliphatic rings. The zero-order valence-electron chi connectivity index (χ0n) is 19.2. The topological polar surface area (TPSA) is 124 Å². The Bertz CT molecular complexity index is 1660. The molecule has 36 heavy (non-hydrogen) atoms. The normalized spacial score (nSPS) is 15.6. The van der Waals surface area contributed by atoms with Crippen LogP contribution in [0.2, 0.25) is 0 Å². The molecular formula is C25H20N4O6S. The molecule has 11 heteroatoms. The van der Waals surface area contributed by atoms with E-state index in [1.807, 2.05) is 31.2 Å². The molecule has 1 unspecified atom stereocenters. The number of aromatic nitrogens is 1. The third kappa shape index (κ3) is 3.89. The van der Waals surface area contributed by atoms with Crippen LogP contribution in [0.15, 0.2) is 89.0 Å². The quantitative estimate of drug-likeness (QED) is 0.294. The second kappa shape index (κ2) is 8.61. The Morgan fingerprint density at radius 3 is 2.50 bits per heavy atom. The molecule has 2 heterocycles. The van der Waals surface area contributed by atoms with Crippen LogP contribution in [-0.2, 0) is 19.6 Å². The fourth-order valence-corrected chi connectivity index (χ4v) is 5.48. The molecule has 1 amide bonds. The van der Waals surface area contributed by atoms with Gasteiger partial charge in [-0.05, 0) is 36.8 Å². The summed E-state index contributed by atoms with van der Waals surface area (Å²) >= 11 is 0. The predicted octanol–water partition coefficient (Wildman–Crippen LogP) is 4.33. The molecule has 0 fully saturated rings. The van der Waals surface area contributed by atoms with Gasteiger partial charge < -0.3 is 4.74 Å². The summed E-state index contributed by atoms with van der Waals surface area (Å²) in [6.07, 6.45) is 0.368. The molecule has 10 nitrogen and oxygen atoms in total. The molecule has 0 N–H and O–H groups in total. The van der Waals surface area contributed by atoms with E-state index < -0.39 is 21.2 Å². The standard InChI is InChI=1S/C25H20N4O6S/c1-16-11-12-21-22(25-28(17(2)30)26-24(35-25)18-7-4-3-5-8-18)15-27(23(21)13-16)36(33,34)20-10-6-9-19(14-20)29(31)32/h3-15,25H,1-2H3. The van der Waals surface area contributed by atoms with Gasteiger partial charge in [-0.25, -0.2) is 12.4 Å². The largest absolute Gasteiger partial charge is 0.446 e. The molecular weight excluding hydrogens is 484 g/mol. The lowest BCUT2D eigenvalue weighted by atomic mass is 10.1. The minimum Gasteiger partial charge on any atom is -0.446 e. The van der Waals surface area contributed by atoms with Crippen LogP contribution in [0, 0.1) is 17.0 Å². The van der Waals surface area contributed by atoms with Crippen molar-refractivity contribution in [2.45, 2.75) is 25.0 Å². The molecule has 0 saturated carbocycles.